The van der Waals surface area contributed by atoms with Gasteiger partial charge in [0.2, 0.25) is 0 Å². The lowest BCUT2D eigenvalue weighted by Crippen LogP contribution is -2.30. The predicted molar refractivity (Wildman–Crippen MR) is 117 cm³/mol. The zero-order valence-corrected chi connectivity index (χ0v) is 16.7. The minimum Gasteiger partial charge on any atom is -0.362 e. The molecule has 4 heteroatoms. The molecule has 0 aromatic heterocycles. The first-order valence-electron chi connectivity index (χ1n) is 8.69. The maximum absolute atomic E-state index is 5.44. The largest absolute Gasteiger partial charge is 0.362 e. The highest BCUT2D eigenvalue weighted by Crippen LogP contribution is 2.38. The average Bonchev–Trinajstić information content (AvgIpc) is 2.99. The van der Waals surface area contributed by atoms with Gasteiger partial charge in [-0.25, -0.2) is 0 Å². The van der Waals surface area contributed by atoms with E-state index in [0.717, 1.165) is 29.5 Å². The number of rotatable bonds is 4. The molecular weight excluding hydrogens is 404 g/mol. The third kappa shape index (κ3) is 3.81. The van der Waals surface area contributed by atoms with Crippen molar-refractivity contribution >= 4 is 38.9 Å². The molecule has 2 N–H and O–H groups in total. The van der Waals surface area contributed by atoms with Gasteiger partial charge in [-0.15, -0.1) is 0 Å². The molecule has 0 unspecified atom stereocenters. The number of anilines is 1. The summed E-state index contributed by atoms with van der Waals surface area (Å²) in [6, 6.07) is 23.4. The molecule has 0 aliphatic heterocycles. The molecule has 0 radical (unpaired) electrons. The number of nitrogens with one attached hydrogen (secondary N) is 2. The molecule has 0 bridgehead atoms. The van der Waals surface area contributed by atoms with E-state index >= 15 is 0 Å². The summed E-state index contributed by atoms with van der Waals surface area (Å²) in [6.07, 6.45) is 1.92. The van der Waals surface area contributed by atoms with Crippen LogP contribution in [0.5, 0.6) is 0 Å². The van der Waals surface area contributed by atoms with Crippen LogP contribution >= 0.6 is 28.1 Å². The van der Waals surface area contributed by atoms with Gasteiger partial charge in [0.1, 0.15) is 0 Å². The minimum atomic E-state index is 0.666. The van der Waals surface area contributed by atoms with Gasteiger partial charge in [-0.05, 0) is 77.1 Å². The van der Waals surface area contributed by atoms with Gasteiger partial charge in [0.15, 0.2) is 5.11 Å². The standard InChI is InChI=1S/C22H19BrN2S/c23-18-6-8-20-16(13-18)12-17-14-19(7-9-21(17)20)25-22(26)24-11-10-15-4-2-1-3-5-15/h1-9,13-14H,10-12H2,(H2,24,25,26). The Labute approximate surface area is 167 Å². The molecule has 0 atom stereocenters. The maximum Gasteiger partial charge on any atom is 0.170 e. The second-order valence-corrected chi connectivity index (χ2v) is 7.79. The Hall–Kier alpha value is -2.17. The van der Waals surface area contributed by atoms with Crippen LogP contribution in [0.1, 0.15) is 16.7 Å². The SMILES string of the molecule is S=C(NCCc1ccccc1)Nc1ccc2c(c1)Cc1cc(Br)ccc1-2. The summed E-state index contributed by atoms with van der Waals surface area (Å²) in [7, 11) is 0. The molecular formula is C22H19BrN2S. The summed E-state index contributed by atoms with van der Waals surface area (Å²) in [4.78, 5) is 0. The van der Waals surface area contributed by atoms with E-state index in [-0.39, 0.29) is 0 Å². The van der Waals surface area contributed by atoms with Crippen LogP contribution in [-0.2, 0) is 12.8 Å². The van der Waals surface area contributed by atoms with Crippen molar-refractivity contribution in [3.63, 3.8) is 0 Å². The summed E-state index contributed by atoms with van der Waals surface area (Å²) >= 11 is 9.00. The monoisotopic (exact) mass is 422 g/mol. The molecule has 1 aliphatic carbocycles. The van der Waals surface area contributed by atoms with Gasteiger partial charge in [0.25, 0.3) is 0 Å². The van der Waals surface area contributed by atoms with Crippen LogP contribution < -0.4 is 10.6 Å². The molecule has 0 saturated heterocycles. The lowest BCUT2D eigenvalue weighted by molar-refractivity contribution is 0.873. The van der Waals surface area contributed by atoms with Gasteiger partial charge in [0.05, 0.1) is 0 Å². The topological polar surface area (TPSA) is 24.1 Å². The number of halogens is 1. The van der Waals surface area contributed by atoms with Gasteiger partial charge in [-0.3, -0.25) is 0 Å². The molecule has 26 heavy (non-hydrogen) atoms. The lowest BCUT2D eigenvalue weighted by Gasteiger charge is -2.12. The molecule has 130 valence electrons. The lowest BCUT2D eigenvalue weighted by atomic mass is 10.1. The Morgan fingerprint density at radius 3 is 2.46 bits per heavy atom. The third-order valence-electron chi connectivity index (χ3n) is 4.64. The second-order valence-electron chi connectivity index (χ2n) is 6.47. The molecule has 2 nitrogen and oxygen atoms in total. The molecule has 3 aromatic rings. The van der Waals surface area contributed by atoms with E-state index in [1.54, 1.807) is 0 Å². The Kier molecular flexibility index (Phi) is 5.05. The van der Waals surface area contributed by atoms with Crippen molar-refractivity contribution in [3.05, 3.63) is 87.9 Å². The van der Waals surface area contributed by atoms with Gasteiger partial charge < -0.3 is 10.6 Å². The highest BCUT2D eigenvalue weighted by atomic mass is 79.9. The van der Waals surface area contributed by atoms with E-state index in [0.29, 0.717) is 5.11 Å². The second kappa shape index (κ2) is 7.60. The van der Waals surface area contributed by atoms with Gasteiger partial charge >= 0.3 is 0 Å². The number of thiocarbonyl (C=S) groups is 1. The molecule has 0 fully saturated rings. The zero-order valence-electron chi connectivity index (χ0n) is 14.3. The molecule has 3 aromatic carbocycles. The summed E-state index contributed by atoms with van der Waals surface area (Å²) in [5.74, 6) is 0. The van der Waals surface area contributed by atoms with Gasteiger partial charge in [0, 0.05) is 16.7 Å². The van der Waals surface area contributed by atoms with Crippen LogP contribution in [-0.4, -0.2) is 11.7 Å². The van der Waals surface area contributed by atoms with Crippen LogP contribution in [0.25, 0.3) is 11.1 Å². The predicted octanol–water partition coefficient (Wildman–Crippen LogP) is 5.55. The summed E-state index contributed by atoms with van der Waals surface area (Å²) in [5, 5.41) is 7.26. The van der Waals surface area contributed by atoms with E-state index in [4.69, 9.17) is 12.2 Å². The summed E-state index contributed by atoms with van der Waals surface area (Å²) in [6.45, 7) is 0.820. The van der Waals surface area contributed by atoms with E-state index in [2.05, 4.69) is 87.2 Å². The molecule has 0 spiro atoms. The smallest absolute Gasteiger partial charge is 0.170 e. The van der Waals surface area contributed by atoms with E-state index in [1.807, 2.05) is 6.07 Å². The van der Waals surface area contributed by atoms with Crippen molar-refractivity contribution < 1.29 is 0 Å². The fourth-order valence-electron chi connectivity index (χ4n) is 3.40. The number of hydrogen-bond donors (Lipinski definition) is 2. The molecule has 1 aliphatic rings. The van der Waals surface area contributed by atoms with Crippen molar-refractivity contribution in [3.8, 4) is 11.1 Å². The average molecular weight is 423 g/mol. The van der Waals surface area contributed by atoms with Crippen molar-refractivity contribution in [2.24, 2.45) is 0 Å². The van der Waals surface area contributed by atoms with Crippen LogP contribution in [0.15, 0.2) is 71.2 Å². The van der Waals surface area contributed by atoms with Crippen LogP contribution in [0, 0.1) is 0 Å². The molecule has 0 amide bonds. The normalized spacial score (nSPS) is 11.6. The Morgan fingerprint density at radius 2 is 1.65 bits per heavy atom. The van der Waals surface area contributed by atoms with Crippen LogP contribution in [0.3, 0.4) is 0 Å². The first kappa shape index (κ1) is 17.3. The fourth-order valence-corrected chi connectivity index (χ4v) is 4.03. The number of benzene rings is 3. The van der Waals surface area contributed by atoms with Crippen LogP contribution in [0.4, 0.5) is 5.69 Å². The Morgan fingerprint density at radius 1 is 0.923 bits per heavy atom. The Balaban J connectivity index is 1.37. The maximum atomic E-state index is 5.44. The molecule has 4 rings (SSSR count). The number of fused-ring (bicyclic) bond motifs is 3. The molecule has 0 heterocycles. The van der Waals surface area contributed by atoms with E-state index < -0.39 is 0 Å². The van der Waals surface area contributed by atoms with Crippen molar-refractivity contribution in [2.45, 2.75) is 12.8 Å². The van der Waals surface area contributed by atoms with Crippen LogP contribution in [0.2, 0.25) is 0 Å². The summed E-state index contributed by atoms with van der Waals surface area (Å²) in [5.41, 5.74) is 7.71. The quantitative estimate of drug-likeness (QED) is 0.421. The first-order valence-corrected chi connectivity index (χ1v) is 9.90. The zero-order chi connectivity index (χ0) is 17.9. The number of hydrogen-bond acceptors (Lipinski definition) is 1. The van der Waals surface area contributed by atoms with Crippen molar-refractivity contribution in [1.29, 1.82) is 0 Å². The van der Waals surface area contributed by atoms with Gasteiger partial charge in [-0.1, -0.05) is 58.4 Å². The summed E-state index contributed by atoms with van der Waals surface area (Å²) < 4.78 is 1.13. The molecule has 0 saturated carbocycles. The first-order chi connectivity index (χ1) is 12.7. The highest BCUT2D eigenvalue weighted by Gasteiger charge is 2.18. The van der Waals surface area contributed by atoms with E-state index in [1.165, 1.54) is 27.8 Å². The van der Waals surface area contributed by atoms with Crippen molar-refractivity contribution in [2.75, 3.05) is 11.9 Å². The van der Waals surface area contributed by atoms with Gasteiger partial charge in [-0.2, -0.15) is 0 Å². The third-order valence-corrected chi connectivity index (χ3v) is 5.38. The van der Waals surface area contributed by atoms with Crippen molar-refractivity contribution in [1.82, 2.24) is 5.32 Å². The fraction of sp³-hybridized carbons (Fsp3) is 0.136. The highest BCUT2D eigenvalue weighted by molar-refractivity contribution is 9.10. The minimum absolute atomic E-state index is 0.666. The van der Waals surface area contributed by atoms with E-state index in [9.17, 15) is 0 Å². The Bertz CT molecular complexity index is 954.